The second-order valence-corrected chi connectivity index (χ2v) is 7.40. The van der Waals surface area contributed by atoms with Gasteiger partial charge in [0.1, 0.15) is 5.76 Å². The minimum Gasteiger partial charge on any atom is -0.467 e. The van der Waals surface area contributed by atoms with Gasteiger partial charge in [0.15, 0.2) is 0 Å². The number of benzene rings is 1. The van der Waals surface area contributed by atoms with Gasteiger partial charge in [0.25, 0.3) is 5.91 Å². The van der Waals surface area contributed by atoms with E-state index in [4.69, 9.17) is 4.42 Å². The standard InChI is InChI=1S/C21H18F3N3O3S/c1-27(19(28)13-31-18-9-8-14(11-25-18)21(22,23)24)17-7-3-2-6-16(17)20(29)26-12-15-5-4-10-30-15/h2-11H,12-13H2,1H3,(H,26,29). The lowest BCUT2D eigenvalue weighted by Crippen LogP contribution is -2.31. The molecule has 0 saturated carbocycles. The Labute approximate surface area is 180 Å². The van der Waals surface area contributed by atoms with Gasteiger partial charge in [-0.3, -0.25) is 9.59 Å². The van der Waals surface area contributed by atoms with E-state index in [2.05, 4.69) is 10.3 Å². The molecule has 0 aliphatic carbocycles. The number of para-hydroxylation sites is 1. The number of thioether (sulfide) groups is 1. The molecule has 0 fully saturated rings. The molecule has 3 rings (SSSR count). The number of pyridine rings is 1. The van der Waals surface area contributed by atoms with Crippen LogP contribution in [0.1, 0.15) is 21.7 Å². The molecule has 0 unspecified atom stereocenters. The Morgan fingerprint density at radius 3 is 2.55 bits per heavy atom. The number of furan rings is 1. The maximum atomic E-state index is 12.6. The van der Waals surface area contributed by atoms with Crippen LogP contribution in [0.4, 0.5) is 18.9 Å². The Kier molecular flexibility index (Phi) is 7.01. The van der Waals surface area contributed by atoms with Crippen LogP contribution >= 0.6 is 11.8 Å². The lowest BCUT2D eigenvalue weighted by Gasteiger charge is -2.20. The topological polar surface area (TPSA) is 75.4 Å². The second kappa shape index (κ2) is 9.69. The van der Waals surface area contributed by atoms with Crippen molar-refractivity contribution in [1.29, 1.82) is 0 Å². The minimum atomic E-state index is -4.46. The first-order valence-corrected chi connectivity index (χ1v) is 10.1. The zero-order valence-corrected chi connectivity index (χ0v) is 17.2. The Bertz CT molecular complexity index is 1040. The molecule has 31 heavy (non-hydrogen) atoms. The molecule has 162 valence electrons. The van der Waals surface area contributed by atoms with E-state index in [1.54, 1.807) is 36.4 Å². The lowest BCUT2D eigenvalue weighted by atomic mass is 10.1. The SMILES string of the molecule is CN(C(=O)CSc1ccc(C(F)(F)F)cn1)c1ccccc1C(=O)NCc1ccco1. The number of hydrogen-bond donors (Lipinski definition) is 1. The summed E-state index contributed by atoms with van der Waals surface area (Å²) in [6, 6.07) is 12.2. The molecule has 0 bridgehead atoms. The number of anilines is 1. The number of nitrogens with zero attached hydrogens (tertiary/aromatic N) is 2. The van der Waals surface area contributed by atoms with Crippen LogP contribution in [0.5, 0.6) is 0 Å². The molecule has 2 heterocycles. The van der Waals surface area contributed by atoms with Crippen molar-refractivity contribution in [2.75, 3.05) is 17.7 Å². The smallest absolute Gasteiger partial charge is 0.417 e. The molecule has 0 aliphatic heterocycles. The van der Waals surface area contributed by atoms with Crippen molar-refractivity contribution in [3.8, 4) is 0 Å². The molecule has 3 aromatic rings. The first-order chi connectivity index (χ1) is 14.8. The fraction of sp³-hybridized carbons (Fsp3) is 0.190. The summed E-state index contributed by atoms with van der Waals surface area (Å²) in [7, 11) is 1.53. The largest absolute Gasteiger partial charge is 0.467 e. The highest BCUT2D eigenvalue weighted by Gasteiger charge is 2.30. The Balaban J connectivity index is 1.63. The fourth-order valence-corrected chi connectivity index (χ4v) is 3.39. The molecule has 0 spiro atoms. The van der Waals surface area contributed by atoms with Crippen molar-refractivity contribution < 1.29 is 27.2 Å². The summed E-state index contributed by atoms with van der Waals surface area (Å²) < 4.78 is 43.0. The normalized spacial score (nSPS) is 11.2. The van der Waals surface area contributed by atoms with Crippen LogP contribution < -0.4 is 10.2 Å². The number of amides is 2. The van der Waals surface area contributed by atoms with Gasteiger partial charge < -0.3 is 14.6 Å². The van der Waals surface area contributed by atoms with Gasteiger partial charge in [-0.25, -0.2) is 4.98 Å². The van der Waals surface area contributed by atoms with Crippen LogP contribution in [-0.2, 0) is 17.5 Å². The van der Waals surface area contributed by atoms with Gasteiger partial charge in [-0.15, -0.1) is 0 Å². The summed E-state index contributed by atoms with van der Waals surface area (Å²) in [6.45, 7) is 0.202. The first kappa shape index (κ1) is 22.4. The van der Waals surface area contributed by atoms with Gasteiger partial charge in [-0.1, -0.05) is 23.9 Å². The molecule has 0 aliphatic rings. The summed E-state index contributed by atoms with van der Waals surface area (Å²) in [6.07, 6.45) is -2.23. The zero-order chi connectivity index (χ0) is 22.4. The molecule has 10 heteroatoms. The van der Waals surface area contributed by atoms with Crippen LogP contribution in [0.15, 0.2) is 70.4 Å². The van der Waals surface area contributed by atoms with Gasteiger partial charge in [0, 0.05) is 13.2 Å². The van der Waals surface area contributed by atoms with E-state index in [-0.39, 0.29) is 24.1 Å². The molecular weight excluding hydrogens is 431 g/mol. The van der Waals surface area contributed by atoms with Gasteiger partial charge >= 0.3 is 6.18 Å². The van der Waals surface area contributed by atoms with Crippen LogP contribution in [0.2, 0.25) is 0 Å². The maximum Gasteiger partial charge on any atom is 0.417 e. The molecule has 0 atom stereocenters. The van der Waals surface area contributed by atoms with E-state index < -0.39 is 11.7 Å². The van der Waals surface area contributed by atoms with E-state index in [1.165, 1.54) is 24.3 Å². The lowest BCUT2D eigenvalue weighted by molar-refractivity contribution is -0.137. The summed E-state index contributed by atoms with van der Waals surface area (Å²) in [5, 5.41) is 3.02. The van der Waals surface area contributed by atoms with Crippen molar-refractivity contribution in [3.05, 3.63) is 77.9 Å². The summed E-state index contributed by atoms with van der Waals surface area (Å²) in [5.74, 6) is -0.172. The van der Waals surface area contributed by atoms with E-state index in [0.717, 1.165) is 24.0 Å². The number of hydrogen-bond acceptors (Lipinski definition) is 5. The Morgan fingerprint density at radius 1 is 1.13 bits per heavy atom. The van der Waals surface area contributed by atoms with E-state index in [1.807, 2.05) is 0 Å². The van der Waals surface area contributed by atoms with E-state index in [0.29, 0.717) is 22.0 Å². The number of carbonyl (C=O) groups is 2. The summed E-state index contributed by atoms with van der Waals surface area (Å²) in [4.78, 5) is 30.3. The number of carbonyl (C=O) groups excluding carboxylic acids is 2. The van der Waals surface area contributed by atoms with Crippen molar-refractivity contribution in [3.63, 3.8) is 0 Å². The van der Waals surface area contributed by atoms with Crippen molar-refractivity contribution in [2.45, 2.75) is 17.7 Å². The number of alkyl halides is 3. The van der Waals surface area contributed by atoms with Crippen molar-refractivity contribution in [2.24, 2.45) is 0 Å². The summed E-state index contributed by atoms with van der Waals surface area (Å²) >= 11 is 1.01. The highest BCUT2D eigenvalue weighted by atomic mass is 32.2. The Hall–Kier alpha value is -3.27. The average Bonchev–Trinajstić information content (AvgIpc) is 3.28. The minimum absolute atomic E-state index is 0.0583. The van der Waals surface area contributed by atoms with Gasteiger partial charge in [0.2, 0.25) is 5.91 Å². The van der Waals surface area contributed by atoms with Crippen molar-refractivity contribution >= 4 is 29.3 Å². The maximum absolute atomic E-state index is 12.6. The van der Waals surface area contributed by atoms with Crippen LogP contribution in [-0.4, -0.2) is 29.6 Å². The quantitative estimate of drug-likeness (QED) is 0.542. The number of nitrogens with one attached hydrogen (secondary N) is 1. The van der Waals surface area contributed by atoms with Gasteiger partial charge in [-0.05, 0) is 36.4 Å². The van der Waals surface area contributed by atoms with Crippen LogP contribution in [0.25, 0.3) is 0 Å². The van der Waals surface area contributed by atoms with E-state index >= 15 is 0 Å². The monoisotopic (exact) mass is 449 g/mol. The number of rotatable bonds is 7. The van der Waals surface area contributed by atoms with Crippen molar-refractivity contribution in [1.82, 2.24) is 10.3 Å². The molecule has 2 amide bonds. The zero-order valence-electron chi connectivity index (χ0n) is 16.3. The molecule has 1 N–H and O–H groups in total. The third-order valence-corrected chi connectivity index (χ3v) is 5.22. The molecule has 2 aromatic heterocycles. The molecule has 6 nitrogen and oxygen atoms in total. The van der Waals surface area contributed by atoms with Gasteiger partial charge in [0.05, 0.1) is 40.4 Å². The van der Waals surface area contributed by atoms with Crippen LogP contribution in [0, 0.1) is 0 Å². The van der Waals surface area contributed by atoms with Crippen LogP contribution in [0.3, 0.4) is 0 Å². The second-order valence-electron chi connectivity index (χ2n) is 6.40. The molecule has 0 saturated heterocycles. The summed E-state index contributed by atoms with van der Waals surface area (Å²) in [5.41, 5.74) is -0.136. The number of halogens is 3. The Morgan fingerprint density at radius 2 is 1.90 bits per heavy atom. The fourth-order valence-electron chi connectivity index (χ4n) is 2.63. The predicted octanol–water partition coefficient (Wildman–Crippen LogP) is 4.38. The molecule has 0 radical (unpaired) electrons. The first-order valence-electron chi connectivity index (χ1n) is 9.08. The van der Waals surface area contributed by atoms with Gasteiger partial charge in [-0.2, -0.15) is 13.2 Å². The predicted molar refractivity (Wildman–Crippen MR) is 110 cm³/mol. The third kappa shape index (κ3) is 5.88. The highest BCUT2D eigenvalue weighted by Crippen LogP contribution is 2.29. The van der Waals surface area contributed by atoms with E-state index in [9.17, 15) is 22.8 Å². The third-order valence-electron chi connectivity index (χ3n) is 4.29. The molecule has 1 aromatic carbocycles. The molecular formula is C21H18F3N3O3S. The number of aromatic nitrogens is 1. The average molecular weight is 449 g/mol. The highest BCUT2D eigenvalue weighted by molar-refractivity contribution is 7.99.